The van der Waals surface area contributed by atoms with Crippen molar-refractivity contribution in [1.82, 2.24) is 9.97 Å². The maximum atomic E-state index is 5.82. The topological polar surface area (TPSA) is 61.0 Å². The van der Waals surface area contributed by atoms with Crippen molar-refractivity contribution in [2.45, 2.75) is 13.5 Å². The summed E-state index contributed by atoms with van der Waals surface area (Å²) in [7, 11) is 0. The second kappa shape index (κ2) is 4.95. The van der Waals surface area contributed by atoms with Crippen molar-refractivity contribution in [2.75, 3.05) is 0 Å². The van der Waals surface area contributed by atoms with E-state index in [2.05, 4.69) is 9.97 Å². The minimum atomic E-state index is 0.530. The number of aromatic nitrogens is 2. The van der Waals surface area contributed by atoms with Crippen molar-refractivity contribution in [3.05, 3.63) is 47.1 Å². The van der Waals surface area contributed by atoms with Gasteiger partial charge in [-0.15, -0.1) is 11.3 Å². The molecule has 0 fully saturated rings. The molecule has 2 aromatic heterocycles. The third-order valence-electron chi connectivity index (χ3n) is 2.79. The SMILES string of the molecule is Cc1cc2c(Oc3ccc(CN)cc3)ncnc2s1. The first-order valence-corrected chi connectivity index (χ1v) is 6.76. The zero-order valence-electron chi connectivity index (χ0n) is 10.5. The standard InChI is InChI=1S/C14H13N3OS/c1-9-6-12-13(16-8-17-14(12)19-9)18-11-4-2-10(7-15)3-5-11/h2-6,8H,7,15H2,1H3. The Balaban J connectivity index is 1.95. The van der Waals surface area contributed by atoms with Crippen LogP contribution in [0.3, 0.4) is 0 Å². The molecule has 3 aromatic rings. The molecule has 2 N–H and O–H groups in total. The van der Waals surface area contributed by atoms with E-state index in [0.717, 1.165) is 21.5 Å². The average Bonchev–Trinajstić information content (AvgIpc) is 2.81. The van der Waals surface area contributed by atoms with E-state index in [9.17, 15) is 0 Å². The fourth-order valence-electron chi connectivity index (χ4n) is 1.84. The van der Waals surface area contributed by atoms with E-state index in [1.807, 2.05) is 37.3 Å². The smallest absolute Gasteiger partial charge is 0.231 e. The molecule has 0 unspecified atom stereocenters. The Labute approximate surface area is 114 Å². The molecule has 0 aliphatic carbocycles. The van der Waals surface area contributed by atoms with Gasteiger partial charge in [0.05, 0.1) is 5.39 Å². The molecule has 0 aliphatic heterocycles. The molecule has 19 heavy (non-hydrogen) atoms. The van der Waals surface area contributed by atoms with Gasteiger partial charge in [-0.05, 0) is 30.7 Å². The number of benzene rings is 1. The monoisotopic (exact) mass is 271 g/mol. The third-order valence-corrected chi connectivity index (χ3v) is 3.75. The summed E-state index contributed by atoms with van der Waals surface area (Å²) in [5.74, 6) is 1.34. The van der Waals surface area contributed by atoms with Crippen LogP contribution in [0.25, 0.3) is 10.2 Å². The van der Waals surface area contributed by atoms with Crippen LogP contribution in [0, 0.1) is 6.92 Å². The lowest BCUT2D eigenvalue weighted by molar-refractivity contribution is 0.468. The Bertz CT molecular complexity index is 706. The Hall–Kier alpha value is -1.98. The molecule has 0 atom stereocenters. The van der Waals surface area contributed by atoms with Gasteiger partial charge in [0.1, 0.15) is 16.9 Å². The molecule has 0 spiro atoms. The lowest BCUT2D eigenvalue weighted by Gasteiger charge is -2.05. The molecule has 0 bridgehead atoms. The lowest BCUT2D eigenvalue weighted by Crippen LogP contribution is -1.95. The number of nitrogens with zero attached hydrogens (tertiary/aromatic N) is 2. The summed E-state index contributed by atoms with van der Waals surface area (Å²) < 4.78 is 5.82. The number of thiophene rings is 1. The summed E-state index contributed by atoms with van der Waals surface area (Å²) in [6, 6.07) is 9.74. The van der Waals surface area contributed by atoms with Crippen LogP contribution in [0.15, 0.2) is 36.7 Å². The van der Waals surface area contributed by atoms with Crippen LogP contribution in [0.4, 0.5) is 0 Å². The van der Waals surface area contributed by atoms with Crippen LogP contribution >= 0.6 is 11.3 Å². The number of hydrogen-bond donors (Lipinski definition) is 1. The highest BCUT2D eigenvalue weighted by Crippen LogP contribution is 2.31. The zero-order valence-corrected chi connectivity index (χ0v) is 11.3. The molecule has 0 amide bonds. The summed E-state index contributed by atoms with van der Waals surface area (Å²) in [5.41, 5.74) is 6.65. The summed E-state index contributed by atoms with van der Waals surface area (Å²) in [6.07, 6.45) is 1.53. The predicted molar refractivity (Wildman–Crippen MR) is 76.6 cm³/mol. The third kappa shape index (κ3) is 2.43. The number of nitrogens with two attached hydrogens (primary N) is 1. The van der Waals surface area contributed by atoms with Gasteiger partial charge in [0.2, 0.25) is 5.88 Å². The van der Waals surface area contributed by atoms with Crippen molar-refractivity contribution in [2.24, 2.45) is 5.73 Å². The number of fused-ring (bicyclic) bond motifs is 1. The van der Waals surface area contributed by atoms with Crippen LogP contribution in [0.1, 0.15) is 10.4 Å². The molecular weight excluding hydrogens is 258 g/mol. The number of aryl methyl sites for hydroxylation is 1. The molecule has 0 saturated heterocycles. The van der Waals surface area contributed by atoms with Crippen LogP contribution in [-0.4, -0.2) is 9.97 Å². The van der Waals surface area contributed by atoms with Crippen LogP contribution in [0.5, 0.6) is 11.6 Å². The van der Waals surface area contributed by atoms with E-state index in [0.29, 0.717) is 12.4 Å². The van der Waals surface area contributed by atoms with Crippen molar-refractivity contribution >= 4 is 21.6 Å². The summed E-state index contributed by atoms with van der Waals surface area (Å²) in [4.78, 5) is 10.6. The van der Waals surface area contributed by atoms with Gasteiger partial charge in [-0.25, -0.2) is 9.97 Å². The van der Waals surface area contributed by atoms with E-state index in [4.69, 9.17) is 10.5 Å². The zero-order chi connectivity index (χ0) is 13.2. The van der Waals surface area contributed by atoms with Gasteiger partial charge in [0.15, 0.2) is 0 Å². The van der Waals surface area contributed by atoms with Crippen molar-refractivity contribution < 1.29 is 4.74 Å². The maximum absolute atomic E-state index is 5.82. The van der Waals surface area contributed by atoms with Crippen LogP contribution < -0.4 is 10.5 Å². The molecule has 1 aromatic carbocycles. The van der Waals surface area contributed by atoms with Gasteiger partial charge in [0, 0.05) is 11.4 Å². The van der Waals surface area contributed by atoms with E-state index >= 15 is 0 Å². The highest BCUT2D eigenvalue weighted by molar-refractivity contribution is 7.18. The number of rotatable bonds is 3. The summed E-state index contributed by atoms with van der Waals surface area (Å²) in [6.45, 7) is 2.58. The highest BCUT2D eigenvalue weighted by Gasteiger charge is 2.08. The molecule has 96 valence electrons. The van der Waals surface area contributed by atoms with Crippen LogP contribution in [0.2, 0.25) is 0 Å². The summed E-state index contributed by atoms with van der Waals surface area (Å²) >= 11 is 1.64. The van der Waals surface area contributed by atoms with Crippen molar-refractivity contribution in [3.63, 3.8) is 0 Å². The normalized spacial score (nSPS) is 10.8. The second-order valence-corrected chi connectivity index (χ2v) is 5.44. The van der Waals surface area contributed by atoms with E-state index in [1.54, 1.807) is 11.3 Å². The van der Waals surface area contributed by atoms with Crippen molar-refractivity contribution in [1.29, 1.82) is 0 Å². The van der Waals surface area contributed by atoms with Gasteiger partial charge in [-0.3, -0.25) is 0 Å². The van der Waals surface area contributed by atoms with E-state index in [1.165, 1.54) is 11.2 Å². The molecule has 5 heteroatoms. The molecule has 3 rings (SSSR count). The molecule has 0 aliphatic rings. The lowest BCUT2D eigenvalue weighted by atomic mass is 10.2. The molecular formula is C14H13N3OS. The van der Waals surface area contributed by atoms with Gasteiger partial charge in [-0.1, -0.05) is 12.1 Å². The predicted octanol–water partition coefficient (Wildman–Crippen LogP) is 3.25. The minimum Gasteiger partial charge on any atom is -0.438 e. The molecule has 4 nitrogen and oxygen atoms in total. The fourth-order valence-corrected chi connectivity index (χ4v) is 2.68. The quantitative estimate of drug-likeness (QED) is 0.794. The Morgan fingerprint density at radius 1 is 1.21 bits per heavy atom. The van der Waals surface area contributed by atoms with Gasteiger partial charge in [-0.2, -0.15) is 0 Å². The van der Waals surface area contributed by atoms with Crippen LogP contribution in [-0.2, 0) is 6.54 Å². The first-order valence-electron chi connectivity index (χ1n) is 5.94. The van der Waals surface area contributed by atoms with Crippen molar-refractivity contribution in [3.8, 4) is 11.6 Å². The Kier molecular flexibility index (Phi) is 3.15. The highest BCUT2D eigenvalue weighted by atomic mass is 32.1. The maximum Gasteiger partial charge on any atom is 0.231 e. The first-order chi connectivity index (χ1) is 9.26. The second-order valence-electron chi connectivity index (χ2n) is 4.20. The van der Waals surface area contributed by atoms with Gasteiger partial charge >= 0.3 is 0 Å². The van der Waals surface area contributed by atoms with Gasteiger partial charge in [0.25, 0.3) is 0 Å². The van der Waals surface area contributed by atoms with E-state index < -0.39 is 0 Å². The first kappa shape index (κ1) is 12.1. The Morgan fingerprint density at radius 2 is 2.00 bits per heavy atom. The average molecular weight is 271 g/mol. The fraction of sp³-hybridized carbons (Fsp3) is 0.143. The summed E-state index contributed by atoms with van der Waals surface area (Å²) in [5, 5.41) is 0.952. The van der Waals surface area contributed by atoms with Gasteiger partial charge < -0.3 is 10.5 Å². The largest absolute Gasteiger partial charge is 0.438 e. The minimum absolute atomic E-state index is 0.530. The Morgan fingerprint density at radius 3 is 2.74 bits per heavy atom. The van der Waals surface area contributed by atoms with E-state index in [-0.39, 0.29) is 0 Å². The molecule has 2 heterocycles. The molecule has 0 radical (unpaired) electrons. The molecule has 0 saturated carbocycles. The number of ether oxygens (including phenoxy) is 1. The number of hydrogen-bond acceptors (Lipinski definition) is 5.